The molecule has 1 aromatic carbocycles. The number of sulfonamides is 1. The number of halogens is 1. The van der Waals surface area contributed by atoms with Crippen molar-refractivity contribution in [3.63, 3.8) is 0 Å². The van der Waals surface area contributed by atoms with Crippen molar-refractivity contribution in [2.24, 2.45) is 7.05 Å². The Bertz CT molecular complexity index is 679. The van der Waals surface area contributed by atoms with Crippen molar-refractivity contribution in [1.82, 2.24) is 9.78 Å². The number of aryl methyl sites for hydroxylation is 2. The van der Waals surface area contributed by atoms with Gasteiger partial charge >= 0.3 is 0 Å². The highest BCUT2D eigenvalue weighted by atomic mass is 79.9. The predicted molar refractivity (Wildman–Crippen MR) is 72.9 cm³/mol. The second-order valence-electron chi connectivity index (χ2n) is 3.91. The molecule has 18 heavy (non-hydrogen) atoms. The normalized spacial score (nSPS) is 11.5. The lowest BCUT2D eigenvalue weighted by Crippen LogP contribution is -2.13. The maximum absolute atomic E-state index is 12.1. The number of nitrogens with one attached hydrogen (secondary N) is 1. The third-order valence-corrected chi connectivity index (χ3v) is 4.25. The number of aromatic nitrogens is 2. The second-order valence-corrected chi connectivity index (χ2v) is 6.51. The number of hydrogen-bond acceptors (Lipinski definition) is 3. The predicted octanol–water partition coefficient (Wildman–Crippen LogP) is 2.29. The van der Waals surface area contributed by atoms with Crippen molar-refractivity contribution in [3.8, 4) is 0 Å². The van der Waals surface area contributed by atoms with E-state index in [9.17, 15) is 8.42 Å². The summed E-state index contributed by atoms with van der Waals surface area (Å²) in [5.41, 5.74) is 1.40. The Morgan fingerprint density at radius 3 is 2.72 bits per heavy atom. The highest BCUT2D eigenvalue weighted by molar-refractivity contribution is 9.10. The maximum Gasteiger partial charge on any atom is 0.265 e. The number of nitrogens with zero attached hydrogens (tertiary/aromatic N) is 2. The fraction of sp³-hybridized carbons (Fsp3) is 0.182. The average Bonchev–Trinajstić information content (AvgIpc) is 2.71. The van der Waals surface area contributed by atoms with E-state index in [1.165, 1.54) is 17.1 Å². The molecule has 1 aromatic heterocycles. The Labute approximate surface area is 114 Å². The molecule has 0 spiro atoms. The van der Waals surface area contributed by atoms with Gasteiger partial charge in [-0.2, -0.15) is 5.10 Å². The van der Waals surface area contributed by atoms with Crippen LogP contribution in [0.2, 0.25) is 0 Å². The Hall–Kier alpha value is -1.34. The van der Waals surface area contributed by atoms with E-state index in [0.29, 0.717) is 5.69 Å². The lowest BCUT2D eigenvalue weighted by molar-refractivity contribution is 0.601. The summed E-state index contributed by atoms with van der Waals surface area (Å²) in [4.78, 5) is 0.143. The topological polar surface area (TPSA) is 64.0 Å². The molecule has 0 atom stereocenters. The van der Waals surface area contributed by atoms with E-state index in [0.717, 1.165) is 10.0 Å². The maximum atomic E-state index is 12.1. The molecule has 96 valence electrons. The molecule has 2 aromatic rings. The second kappa shape index (κ2) is 4.74. The molecule has 0 saturated heterocycles. The van der Waals surface area contributed by atoms with Crippen LogP contribution in [0.25, 0.3) is 0 Å². The minimum atomic E-state index is -3.59. The standard InChI is InChI=1S/C11H12BrN3O2S/c1-8-3-4-9(12)5-11(8)14-18(16,17)10-6-13-15(2)7-10/h3-7,14H,1-2H3. The average molecular weight is 330 g/mol. The first-order valence-corrected chi connectivity index (χ1v) is 7.44. The van der Waals surface area contributed by atoms with Gasteiger partial charge in [-0.15, -0.1) is 0 Å². The Morgan fingerprint density at radius 1 is 1.39 bits per heavy atom. The van der Waals surface area contributed by atoms with E-state index in [1.807, 2.05) is 19.1 Å². The fourth-order valence-corrected chi connectivity index (χ4v) is 2.91. The molecule has 0 bridgehead atoms. The van der Waals surface area contributed by atoms with Gasteiger partial charge in [0.15, 0.2) is 0 Å². The molecule has 0 radical (unpaired) electrons. The van der Waals surface area contributed by atoms with Gasteiger partial charge in [-0.3, -0.25) is 9.40 Å². The highest BCUT2D eigenvalue weighted by Gasteiger charge is 2.17. The summed E-state index contributed by atoms with van der Waals surface area (Å²) in [6, 6.07) is 5.42. The molecule has 1 heterocycles. The Kier molecular flexibility index (Phi) is 3.45. The third-order valence-electron chi connectivity index (χ3n) is 2.44. The van der Waals surface area contributed by atoms with Gasteiger partial charge < -0.3 is 0 Å². The molecule has 0 aliphatic heterocycles. The van der Waals surface area contributed by atoms with Gasteiger partial charge in [-0.25, -0.2) is 8.42 Å². The lowest BCUT2D eigenvalue weighted by atomic mass is 10.2. The molecule has 1 N–H and O–H groups in total. The summed E-state index contributed by atoms with van der Waals surface area (Å²) in [7, 11) is -1.92. The van der Waals surface area contributed by atoms with Gasteiger partial charge in [0.1, 0.15) is 4.90 Å². The van der Waals surface area contributed by atoms with Crippen molar-refractivity contribution in [3.05, 3.63) is 40.6 Å². The molecular formula is C11H12BrN3O2S. The van der Waals surface area contributed by atoms with E-state index in [-0.39, 0.29) is 4.90 Å². The zero-order valence-corrected chi connectivity index (χ0v) is 12.3. The van der Waals surface area contributed by atoms with Gasteiger partial charge in [0.05, 0.1) is 11.9 Å². The molecule has 0 aliphatic rings. The van der Waals surface area contributed by atoms with Crippen LogP contribution in [0.1, 0.15) is 5.56 Å². The van der Waals surface area contributed by atoms with Crippen LogP contribution < -0.4 is 4.72 Å². The monoisotopic (exact) mass is 329 g/mol. The molecule has 0 amide bonds. The van der Waals surface area contributed by atoms with Gasteiger partial charge in [0.2, 0.25) is 0 Å². The van der Waals surface area contributed by atoms with Gasteiger partial charge in [0.25, 0.3) is 10.0 Å². The van der Waals surface area contributed by atoms with Crippen molar-refractivity contribution in [2.75, 3.05) is 4.72 Å². The molecule has 0 fully saturated rings. The van der Waals surface area contributed by atoms with Crippen LogP contribution in [0.4, 0.5) is 5.69 Å². The summed E-state index contributed by atoms with van der Waals surface area (Å²) in [5, 5.41) is 3.85. The quantitative estimate of drug-likeness (QED) is 0.939. The van der Waals surface area contributed by atoms with Crippen LogP contribution in [0.5, 0.6) is 0 Å². The summed E-state index contributed by atoms with van der Waals surface area (Å²) in [6.45, 7) is 1.84. The number of anilines is 1. The summed E-state index contributed by atoms with van der Waals surface area (Å²) >= 11 is 3.31. The molecule has 7 heteroatoms. The van der Waals surface area contributed by atoms with E-state index in [2.05, 4.69) is 25.8 Å². The minimum Gasteiger partial charge on any atom is -0.279 e. The molecule has 0 unspecified atom stereocenters. The van der Waals surface area contributed by atoms with Crippen LogP contribution in [-0.2, 0) is 17.1 Å². The molecular weight excluding hydrogens is 318 g/mol. The van der Waals surface area contributed by atoms with Gasteiger partial charge in [0, 0.05) is 17.7 Å². The lowest BCUT2D eigenvalue weighted by Gasteiger charge is -2.09. The van der Waals surface area contributed by atoms with Gasteiger partial charge in [-0.1, -0.05) is 22.0 Å². The first-order valence-electron chi connectivity index (χ1n) is 5.16. The fourth-order valence-electron chi connectivity index (χ4n) is 1.45. The summed E-state index contributed by atoms with van der Waals surface area (Å²) in [5.74, 6) is 0. The Morgan fingerprint density at radius 2 is 2.11 bits per heavy atom. The van der Waals surface area contributed by atoms with Crippen molar-refractivity contribution >= 4 is 31.6 Å². The zero-order valence-electron chi connectivity index (χ0n) is 9.88. The molecule has 2 rings (SSSR count). The number of rotatable bonds is 3. The van der Waals surface area contributed by atoms with Crippen LogP contribution in [0, 0.1) is 6.92 Å². The highest BCUT2D eigenvalue weighted by Crippen LogP contribution is 2.23. The zero-order chi connectivity index (χ0) is 13.3. The van der Waals surface area contributed by atoms with Crippen molar-refractivity contribution < 1.29 is 8.42 Å². The first kappa shape index (κ1) is 13.1. The largest absolute Gasteiger partial charge is 0.279 e. The van der Waals surface area contributed by atoms with E-state index in [1.54, 1.807) is 13.1 Å². The van der Waals surface area contributed by atoms with Crippen molar-refractivity contribution in [2.45, 2.75) is 11.8 Å². The van der Waals surface area contributed by atoms with Crippen LogP contribution in [0.15, 0.2) is 40.0 Å². The molecule has 0 aliphatic carbocycles. The van der Waals surface area contributed by atoms with Crippen LogP contribution >= 0.6 is 15.9 Å². The SMILES string of the molecule is Cc1ccc(Br)cc1NS(=O)(=O)c1cnn(C)c1. The Balaban J connectivity index is 2.36. The molecule has 0 saturated carbocycles. The van der Waals surface area contributed by atoms with E-state index in [4.69, 9.17) is 0 Å². The van der Waals surface area contributed by atoms with Gasteiger partial charge in [-0.05, 0) is 24.6 Å². The molecule has 5 nitrogen and oxygen atoms in total. The summed E-state index contributed by atoms with van der Waals surface area (Å²) in [6.07, 6.45) is 2.77. The van der Waals surface area contributed by atoms with Crippen molar-refractivity contribution in [1.29, 1.82) is 0 Å². The smallest absolute Gasteiger partial charge is 0.265 e. The van der Waals surface area contributed by atoms with Crippen LogP contribution in [0.3, 0.4) is 0 Å². The number of hydrogen-bond donors (Lipinski definition) is 1. The van der Waals surface area contributed by atoms with E-state index < -0.39 is 10.0 Å². The first-order chi connectivity index (χ1) is 8.38. The third kappa shape index (κ3) is 2.73. The number of benzene rings is 1. The van der Waals surface area contributed by atoms with E-state index >= 15 is 0 Å². The summed E-state index contributed by atoms with van der Waals surface area (Å²) < 4.78 is 29.0. The van der Waals surface area contributed by atoms with Crippen LogP contribution in [-0.4, -0.2) is 18.2 Å². The minimum absolute atomic E-state index is 0.143.